The zero-order valence-corrected chi connectivity index (χ0v) is 20.2. The van der Waals surface area contributed by atoms with Gasteiger partial charge in [-0.05, 0) is 23.3 Å². The highest BCUT2D eigenvalue weighted by atomic mass is 35.5. The lowest BCUT2D eigenvalue weighted by Gasteiger charge is -2.27. The van der Waals surface area contributed by atoms with Gasteiger partial charge in [-0.1, -0.05) is 121 Å². The predicted octanol–water partition coefficient (Wildman–Crippen LogP) is 7.43. The van der Waals surface area contributed by atoms with E-state index in [9.17, 15) is 4.79 Å². The minimum absolute atomic E-state index is 0.313. The van der Waals surface area contributed by atoms with Gasteiger partial charge in [0, 0.05) is 27.6 Å². The maximum atomic E-state index is 12.8. The van der Waals surface area contributed by atoms with E-state index >= 15 is 0 Å². The molecule has 0 heterocycles. The second-order valence-electron chi connectivity index (χ2n) is 8.11. The van der Waals surface area contributed by atoms with Gasteiger partial charge in [-0.15, -0.1) is 0 Å². The van der Waals surface area contributed by atoms with E-state index in [1.54, 1.807) is 0 Å². The molecule has 174 valence electrons. The quantitative estimate of drug-likeness (QED) is 0.150. The molecule has 3 nitrogen and oxygen atoms in total. The molecular formula is C31H26ClNO2. The third-order valence-electron chi connectivity index (χ3n) is 5.85. The summed E-state index contributed by atoms with van der Waals surface area (Å²) in [6.45, 7) is 4.14. The molecule has 0 saturated heterocycles. The highest BCUT2D eigenvalue weighted by Crippen LogP contribution is 2.41. The van der Waals surface area contributed by atoms with Crippen LogP contribution in [0.1, 0.15) is 34.2 Å². The highest BCUT2D eigenvalue weighted by molar-refractivity contribution is 6.30. The van der Waals surface area contributed by atoms with Crippen LogP contribution in [0.4, 0.5) is 0 Å². The summed E-state index contributed by atoms with van der Waals surface area (Å²) in [5, 5.41) is 0.576. The molecular weight excluding hydrogens is 454 g/mol. The summed E-state index contributed by atoms with van der Waals surface area (Å²) in [6, 6.07) is 37.1. The Kier molecular flexibility index (Phi) is 7.92. The van der Waals surface area contributed by atoms with Crippen molar-refractivity contribution in [3.8, 4) is 0 Å². The molecule has 2 atom stereocenters. The summed E-state index contributed by atoms with van der Waals surface area (Å²) in [6.07, 6.45) is 0. The Bertz CT molecular complexity index is 1280. The molecule has 0 aliphatic rings. The fourth-order valence-corrected chi connectivity index (χ4v) is 4.37. The number of ether oxygens (including phenoxy) is 1. The first kappa shape index (κ1) is 24.2. The summed E-state index contributed by atoms with van der Waals surface area (Å²) < 4.78 is 5.09. The number of rotatable bonds is 8. The molecule has 0 saturated carbocycles. The fraction of sp³-hybridized carbons (Fsp3) is 0.0968. The van der Waals surface area contributed by atoms with Crippen LogP contribution in [0.3, 0.4) is 0 Å². The van der Waals surface area contributed by atoms with Gasteiger partial charge in [0.15, 0.2) is 0 Å². The van der Waals surface area contributed by atoms with Gasteiger partial charge < -0.3 is 4.74 Å². The van der Waals surface area contributed by atoms with E-state index < -0.39 is 17.9 Å². The number of benzene rings is 4. The maximum Gasteiger partial charge on any atom is 0.333 e. The first-order chi connectivity index (χ1) is 17.1. The van der Waals surface area contributed by atoms with E-state index in [-0.39, 0.29) is 0 Å². The smallest absolute Gasteiger partial charge is 0.333 e. The topological polar surface area (TPSA) is 38.7 Å². The van der Waals surface area contributed by atoms with E-state index in [0.717, 1.165) is 28.0 Å². The minimum atomic E-state index is -0.494. The standard InChI is InChI=1S/C31H26ClNO2/c1-22(31(34)35-2)28(26-19-12-20-27(32)21-26)30(25-17-10-5-11-18-25)33-29(23-13-6-3-7-14-23)24-15-8-4-9-16-24/h3-21,28,30H,1H2,2H3/t28-,30-/m0/s1. The van der Waals surface area contributed by atoms with Gasteiger partial charge in [0.25, 0.3) is 0 Å². The van der Waals surface area contributed by atoms with Gasteiger partial charge in [-0.25, -0.2) is 4.79 Å². The monoisotopic (exact) mass is 479 g/mol. The van der Waals surface area contributed by atoms with Crippen molar-refractivity contribution in [2.45, 2.75) is 12.0 Å². The molecule has 0 N–H and O–H groups in total. The molecule has 0 aliphatic heterocycles. The van der Waals surface area contributed by atoms with Crippen molar-refractivity contribution in [1.29, 1.82) is 0 Å². The van der Waals surface area contributed by atoms with E-state index in [1.165, 1.54) is 7.11 Å². The first-order valence-corrected chi connectivity index (χ1v) is 11.7. The Morgan fingerprint density at radius 1 is 0.771 bits per heavy atom. The predicted molar refractivity (Wildman–Crippen MR) is 143 cm³/mol. The number of hydrogen-bond donors (Lipinski definition) is 0. The summed E-state index contributed by atoms with van der Waals surface area (Å²) >= 11 is 6.37. The third kappa shape index (κ3) is 5.76. The molecule has 35 heavy (non-hydrogen) atoms. The number of hydrogen-bond acceptors (Lipinski definition) is 3. The van der Waals surface area contributed by atoms with E-state index in [4.69, 9.17) is 21.3 Å². The van der Waals surface area contributed by atoms with Crippen LogP contribution in [-0.4, -0.2) is 18.8 Å². The molecule has 0 unspecified atom stereocenters. The average molecular weight is 480 g/mol. The lowest BCUT2D eigenvalue weighted by atomic mass is 9.82. The number of aliphatic imine (C=N–C) groups is 1. The summed E-state index contributed by atoms with van der Waals surface area (Å²) in [7, 11) is 1.36. The van der Waals surface area contributed by atoms with Gasteiger partial charge in [0.05, 0.1) is 18.9 Å². The summed E-state index contributed by atoms with van der Waals surface area (Å²) in [4.78, 5) is 18.1. The first-order valence-electron chi connectivity index (χ1n) is 11.3. The van der Waals surface area contributed by atoms with Gasteiger partial charge in [-0.3, -0.25) is 4.99 Å². The van der Waals surface area contributed by atoms with Crippen molar-refractivity contribution in [2.75, 3.05) is 7.11 Å². The lowest BCUT2D eigenvalue weighted by Crippen LogP contribution is -2.20. The van der Waals surface area contributed by atoms with Crippen molar-refractivity contribution in [3.05, 3.63) is 155 Å². The molecule has 0 spiro atoms. The van der Waals surface area contributed by atoms with Crippen LogP contribution in [0.2, 0.25) is 5.02 Å². The van der Waals surface area contributed by atoms with Gasteiger partial charge >= 0.3 is 5.97 Å². The molecule has 4 heteroatoms. The van der Waals surface area contributed by atoms with E-state index in [1.807, 2.05) is 115 Å². The normalized spacial score (nSPS) is 12.3. The largest absolute Gasteiger partial charge is 0.466 e. The minimum Gasteiger partial charge on any atom is -0.466 e. The molecule has 0 aliphatic carbocycles. The van der Waals surface area contributed by atoms with Crippen LogP contribution in [0.15, 0.2) is 132 Å². The fourth-order valence-electron chi connectivity index (χ4n) is 4.17. The summed E-state index contributed by atoms with van der Waals surface area (Å²) in [5.74, 6) is -0.974. The third-order valence-corrected chi connectivity index (χ3v) is 6.09. The molecule has 0 fully saturated rings. The SMILES string of the molecule is C=C(C(=O)OC)[C@@H](c1cccc(Cl)c1)[C@@H](N=C(c1ccccc1)c1ccccc1)c1ccccc1. The van der Waals surface area contributed by atoms with Crippen LogP contribution in [-0.2, 0) is 9.53 Å². The highest BCUT2D eigenvalue weighted by Gasteiger charge is 2.32. The molecule has 4 rings (SSSR count). The number of nitrogens with zero attached hydrogens (tertiary/aromatic N) is 1. The molecule has 0 aromatic heterocycles. The number of carbonyl (C=O) groups is 1. The molecule has 0 bridgehead atoms. The van der Waals surface area contributed by atoms with Crippen LogP contribution in [0, 0.1) is 0 Å². The lowest BCUT2D eigenvalue weighted by molar-refractivity contribution is -0.136. The van der Waals surface area contributed by atoms with Gasteiger partial charge in [-0.2, -0.15) is 0 Å². The van der Waals surface area contributed by atoms with Crippen molar-refractivity contribution in [2.24, 2.45) is 4.99 Å². The second-order valence-corrected chi connectivity index (χ2v) is 8.55. The van der Waals surface area contributed by atoms with E-state index in [0.29, 0.717) is 10.6 Å². The van der Waals surface area contributed by atoms with E-state index in [2.05, 4.69) is 6.58 Å². The van der Waals surface area contributed by atoms with Crippen LogP contribution >= 0.6 is 11.6 Å². The van der Waals surface area contributed by atoms with Crippen molar-refractivity contribution in [1.82, 2.24) is 0 Å². The van der Waals surface area contributed by atoms with Crippen LogP contribution < -0.4 is 0 Å². The maximum absolute atomic E-state index is 12.8. The zero-order chi connectivity index (χ0) is 24.6. The van der Waals surface area contributed by atoms with Gasteiger partial charge in [0.2, 0.25) is 0 Å². The van der Waals surface area contributed by atoms with Crippen molar-refractivity contribution in [3.63, 3.8) is 0 Å². The van der Waals surface area contributed by atoms with Crippen molar-refractivity contribution >= 4 is 23.3 Å². The Hall–Kier alpha value is -3.95. The van der Waals surface area contributed by atoms with Gasteiger partial charge in [0.1, 0.15) is 0 Å². The number of esters is 1. The van der Waals surface area contributed by atoms with Crippen LogP contribution in [0.25, 0.3) is 0 Å². The zero-order valence-electron chi connectivity index (χ0n) is 19.5. The Morgan fingerprint density at radius 3 is 1.80 bits per heavy atom. The number of halogens is 1. The Balaban J connectivity index is 1.98. The second kappa shape index (κ2) is 11.5. The molecule has 0 radical (unpaired) electrons. The Labute approximate surface area is 211 Å². The molecule has 0 amide bonds. The number of carbonyl (C=O) groups excluding carboxylic acids is 1. The molecule has 4 aromatic carbocycles. The molecule has 4 aromatic rings. The number of methoxy groups -OCH3 is 1. The summed E-state index contributed by atoms with van der Waals surface area (Å²) in [5.41, 5.74) is 4.89. The Morgan fingerprint density at radius 2 is 1.29 bits per heavy atom. The average Bonchev–Trinajstić information content (AvgIpc) is 2.91. The van der Waals surface area contributed by atoms with Crippen LogP contribution in [0.5, 0.6) is 0 Å². The van der Waals surface area contributed by atoms with Crippen molar-refractivity contribution < 1.29 is 9.53 Å².